The maximum atomic E-state index is 13.5. The minimum Gasteiger partial charge on any atom is -0.481 e. The fourth-order valence-corrected chi connectivity index (χ4v) is 2.12. The highest BCUT2D eigenvalue weighted by atomic mass is 19.3. The van der Waals surface area contributed by atoms with Gasteiger partial charge in [0, 0.05) is 24.8 Å². The minimum atomic E-state index is -3.15. The molecule has 1 unspecified atom stereocenters. The summed E-state index contributed by atoms with van der Waals surface area (Å²) in [6.45, 7) is -2.80. The van der Waals surface area contributed by atoms with Crippen LogP contribution in [0.25, 0.3) is 0 Å². The largest absolute Gasteiger partial charge is 0.481 e. The summed E-state index contributed by atoms with van der Waals surface area (Å²) >= 11 is 0. The zero-order valence-corrected chi connectivity index (χ0v) is 11.3. The predicted molar refractivity (Wildman–Crippen MR) is 69.4 cm³/mol. The number of carbonyl (C=O) groups excluding carboxylic acids is 1. The summed E-state index contributed by atoms with van der Waals surface area (Å²) in [7, 11) is 0. The summed E-state index contributed by atoms with van der Waals surface area (Å²) < 4.78 is 41.5. The second-order valence-electron chi connectivity index (χ2n) is 4.72. The number of hydrogen-bond acceptors (Lipinski definition) is 3. The van der Waals surface area contributed by atoms with Gasteiger partial charge in [-0.2, -0.15) is 8.78 Å². The van der Waals surface area contributed by atoms with Crippen molar-refractivity contribution in [1.29, 1.82) is 0 Å². The minimum absolute atomic E-state index is 0.0582. The van der Waals surface area contributed by atoms with E-state index in [0.29, 0.717) is 6.42 Å². The van der Waals surface area contributed by atoms with Crippen LogP contribution in [-0.4, -0.2) is 41.7 Å². The lowest BCUT2D eigenvalue weighted by Crippen LogP contribution is -2.33. The van der Waals surface area contributed by atoms with Crippen molar-refractivity contribution in [3.63, 3.8) is 0 Å². The molecule has 9 heteroatoms. The Balaban J connectivity index is 1.97. The molecule has 6 nitrogen and oxygen atoms in total. The van der Waals surface area contributed by atoms with Gasteiger partial charge in [-0.3, -0.25) is 4.79 Å². The number of rotatable bonds is 4. The molecule has 2 amide bonds. The van der Waals surface area contributed by atoms with E-state index < -0.39 is 36.1 Å². The molecule has 1 aromatic rings. The molecule has 120 valence electrons. The SMILES string of the molecule is O=C(O)C1CCN(C(=O)Nc2ccc(OC(F)F)c(F)c2)C1. The summed E-state index contributed by atoms with van der Waals surface area (Å²) in [5, 5.41) is 11.2. The van der Waals surface area contributed by atoms with Crippen LogP contribution in [0.4, 0.5) is 23.7 Å². The van der Waals surface area contributed by atoms with E-state index in [1.807, 2.05) is 0 Å². The van der Waals surface area contributed by atoms with Crippen molar-refractivity contribution < 1.29 is 32.6 Å². The summed E-state index contributed by atoms with van der Waals surface area (Å²) in [6.07, 6.45) is 0.346. The highest BCUT2D eigenvalue weighted by Crippen LogP contribution is 2.24. The first-order chi connectivity index (χ1) is 10.4. The Hall–Kier alpha value is -2.45. The van der Waals surface area contributed by atoms with Crippen molar-refractivity contribution in [1.82, 2.24) is 4.90 Å². The number of carbonyl (C=O) groups is 2. The van der Waals surface area contributed by atoms with Crippen LogP contribution in [0.15, 0.2) is 18.2 Å². The van der Waals surface area contributed by atoms with Gasteiger partial charge >= 0.3 is 18.6 Å². The smallest absolute Gasteiger partial charge is 0.387 e. The molecule has 1 saturated heterocycles. The number of carboxylic acids is 1. The van der Waals surface area contributed by atoms with Crippen molar-refractivity contribution >= 4 is 17.7 Å². The molecule has 1 aliphatic heterocycles. The van der Waals surface area contributed by atoms with Gasteiger partial charge in [0.05, 0.1) is 5.92 Å². The number of anilines is 1. The molecule has 1 fully saturated rings. The fraction of sp³-hybridized carbons (Fsp3) is 0.385. The molecule has 2 N–H and O–H groups in total. The highest BCUT2D eigenvalue weighted by molar-refractivity contribution is 5.90. The molecular weight excluding hydrogens is 305 g/mol. The molecule has 0 aliphatic carbocycles. The van der Waals surface area contributed by atoms with E-state index in [9.17, 15) is 22.8 Å². The zero-order chi connectivity index (χ0) is 16.3. The number of alkyl halides is 2. The van der Waals surface area contributed by atoms with Crippen LogP contribution in [0.5, 0.6) is 5.75 Å². The van der Waals surface area contributed by atoms with Crippen LogP contribution in [0.1, 0.15) is 6.42 Å². The Kier molecular flexibility index (Phi) is 4.74. The van der Waals surface area contributed by atoms with Gasteiger partial charge in [0.1, 0.15) is 0 Å². The van der Waals surface area contributed by atoms with E-state index in [2.05, 4.69) is 10.1 Å². The number of aliphatic carboxylic acids is 1. The molecule has 0 saturated carbocycles. The number of ether oxygens (including phenoxy) is 1. The Bertz CT molecular complexity index is 582. The van der Waals surface area contributed by atoms with E-state index in [0.717, 1.165) is 12.1 Å². The first-order valence-electron chi connectivity index (χ1n) is 6.40. The molecule has 0 spiro atoms. The van der Waals surface area contributed by atoms with Gasteiger partial charge in [-0.25, -0.2) is 9.18 Å². The van der Waals surface area contributed by atoms with Crippen LogP contribution in [0, 0.1) is 11.7 Å². The third kappa shape index (κ3) is 3.80. The third-order valence-corrected chi connectivity index (χ3v) is 3.22. The second-order valence-corrected chi connectivity index (χ2v) is 4.72. The fourth-order valence-electron chi connectivity index (χ4n) is 2.12. The molecule has 1 heterocycles. The maximum Gasteiger partial charge on any atom is 0.387 e. The number of carboxylic acid groups (broad SMARTS) is 1. The van der Waals surface area contributed by atoms with Crippen LogP contribution >= 0.6 is 0 Å². The lowest BCUT2D eigenvalue weighted by molar-refractivity contribution is -0.141. The van der Waals surface area contributed by atoms with Crippen molar-refractivity contribution in [2.75, 3.05) is 18.4 Å². The molecule has 2 rings (SSSR count). The standard InChI is InChI=1S/C13H13F3N2O4/c14-9-5-8(1-2-10(9)22-12(15)16)17-13(21)18-4-3-7(6-18)11(19)20/h1-2,5,7,12H,3-4,6H2,(H,17,21)(H,19,20). The molecule has 1 atom stereocenters. The van der Waals surface area contributed by atoms with E-state index in [4.69, 9.17) is 5.11 Å². The van der Waals surface area contributed by atoms with Gasteiger partial charge in [0.15, 0.2) is 11.6 Å². The van der Waals surface area contributed by atoms with Gasteiger partial charge < -0.3 is 20.1 Å². The number of urea groups is 1. The monoisotopic (exact) mass is 318 g/mol. The molecule has 0 radical (unpaired) electrons. The van der Waals surface area contributed by atoms with Crippen LogP contribution < -0.4 is 10.1 Å². The van der Waals surface area contributed by atoms with E-state index in [-0.39, 0.29) is 18.8 Å². The van der Waals surface area contributed by atoms with E-state index in [1.165, 1.54) is 11.0 Å². The number of likely N-dealkylation sites (tertiary alicyclic amines) is 1. The highest BCUT2D eigenvalue weighted by Gasteiger charge is 2.30. The number of amides is 2. The van der Waals surface area contributed by atoms with Crippen molar-refractivity contribution in [3.05, 3.63) is 24.0 Å². The number of nitrogens with zero attached hydrogens (tertiary/aromatic N) is 1. The lowest BCUT2D eigenvalue weighted by Gasteiger charge is -2.17. The van der Waals surface area contributed by atoms with Crippen molar-refractivity contribution in [2.45, 2.75) is 13.0 Å². The Labute approximate surface area is 123 Å². The van der Waals surface area contributed by atoms with Gasteiger partial charge in [-0.15, -0.1) is 0 Å². The zero-order valence-electron chi connectivity index (χ0n) is 11.3. The first kappa shape index (κ1) is 15.9. The van der Waals surface area contributed by atoms with Gasteiger partial charge in [0.2, 0.25) is 0 Å². The van der Waals surface area contributed by atoms with Gasteiger partial charge in [-0.1, -0.05) is 0 Å². The number of hydrogen-bond donors (Lipinski definition) is 2. The van der Waals surface area contributed by atoms with Crippen LogP contribution in [0.2, 0.25) is 0 Å². The molecule has 1 aliphatic rings. The summed E-state index contributed by atoms with van der Waals surface area (Å²) in [5.41, 5.74) is 0.0582. The first-order valence-corrected chi connectivity index (χ1v) is 6.40. The Morgan fingerprint density at radius 2 is 2.14 bits per heavy atom. The summed E-state index contributed by atoms with van der Waals surface area (Å²) in [6, 6.07) is 2.45. The summed E-state index contributed by atoms with van der Waals surface area (Å²) in [4.78, 5) is 24.0. The van der Waals surface area contributed by atoms with Crippen LogP contribution in [0.3, 0.4) is 0 Å². The quantitative estimate of drug-likeness (QED) is 0.893. The van der Waals surface area contributed by atoms with Crippen molar-refractivity contribution in [3.8, 4) is 5.75 Å². The normalized spacial score (nSPS) is 17.6. The van der Waals surface area contributed by atoms with E-state index >= 15 is 0 Å². The number of nitrogens with one attached hydrogen (secondary N) is 1. The predicted octanol–water partition coefficient (Wildman–Crippen LogP) is 2.37. The third-order valence-electron chi connectivity index (χ3n) is 3.22. The topological polar surface area (TPSA) is 78.9 Å². The number of benzene rings is 1. The lowest BCUT2D eigenvalue weighted by atomic mass is 10.1. The molecule has 0 aromatic heterocycles. The average Bonchev–Trinajstić information content (AvgIpc) is 2.91. The number of halogens is 3. The Morgan fingerprint density at radius 1 is 1.41 bits per heavy atom. The molecular formula is C13H13F3N2O4. The van der Waals surface area contributed by atoms with E-state index in [1.54, 1.807) is 0 Å². The van der Waals surface area contributed by atoms with Crippen molar-refractivity contribution in [2.24, 2.45) is 5.92 Å². The molecule has 1 aromatic carbocycles. The average molecular weight is 318 g/mol. The van der Waals surface area contributed by atoms with Crippen LogP contribution in [-0.2, 0) is 4.79 Å². The summed E-state index contributed by atoms with van der Waals surface area (Å²) in [5.74, 6) is -3.26. The van der Waals surface area contributed by atoms with Gasteiger partial charge in [0.25, 0.3) is 0 Å². The second kappa shape index (κ2) is 6.54. The maximum absolute atomic E-state index is 13.5. The molecule has 22 heavy (non-hydrogen) atoms. The Morgan fingerprint density at radius 3 is 2.68 bits per heavy atom. The van der Waals surface area contributed by atoms with Gasteiger partial charge in [-0.05, 0) is 18.6 Å². The molecule has 0 bridgehead atoms.